The average molecular weight is 329 g/mol. The van der Waals surface area contributed by atoms with E-state index < -0.39 is 0 Å². The predicted octanol–water partition coefficient (Wildman–Crippen LogP) is 4.94. The fourth-order valence-electron chi connectivity index (χ4n) is 3.30. The molecule has 132 valence electrons. The molecule has 2 aliphatic heterocycles. The number of nitrogens with one attached hydrogen (secondary N) is 1. The van der Waals surface area contributed by atoms with Gasteiger partial charge in [-0.05, 0) is 55.8 Å². The lowest BCUT2D eigenvalue weighted by atomic mass is 9.90. The lowest BCUT2D eigenvalue weighted by Crippen LogP contribution is -2.33. The summed E-state index contributed by atoms with van der Waals surface area (Å²) in [6.07, 6.45) is 7.23. The number of ether oxygens (including phenoxy) is 1. The molecule has 0 bridgehead atoms. The van der Waals surface area contributed by atoms with Gasteiger partial charge in [0, 0.05) is 11.6 Å². The second-order valence-corrected chi connectivity index (χ2v) is 5.60. The molecule has 1 aromatic rings. The molecular weight excluding hydrogens is 296 g/mol. The highest BCUT2D eigenvalue weighted by molar-refractivity contribution is 5.70. The van der Waals surface area contributed by atoms with Crippen LogP contribution in [0.5, 0.6) is 0 Å². The molecule has 0 saturated carbocycles. The third-order valence-electron chi connectivity index (χ3n) is 4.32. The van der Waals surface area contributed by atoms with Gasteiger partial charge in [-0.25, -0.2) is 0 Å². The summed E-state index contributed by atoms with van der Waals surface area (Å²) in [6.45, 7) is 13.3. The first kappa shape index (κ1) is 20.3. The second kappa shape index (κ2) is 10.2. The van der Waals surface area contributed by atoms with Crippen LogP contribution in [0.25, 0.3) is 5.70 Å². The largest absolute Gasteiger partial charge is 0.372 e. The number of nitrogens with zero attached hydrogens (tertiary/aromatic N) is 1. The van der Waals surface area contributed by atoms with Gasteiger partial charge >= 0.3 is 0 Å². The van der Waals surface area contributed by atoms with Gasteiger partial charge in [0.1, 0.15) is 0 Å². The molecule has 0 aromatic heterocycles. The molecule has 24 heavy (non-hydrogen) atoms. The molecule has 1 N–H and O–H groups in total. The van der Waals surface area contributed by atoms with Crippen LogP contribution in [0.1, 0.15) is 56.9 Å². The Hall–Kier alpha value is -1.71. The maximum absolute atomic E-state index is 6.03. The maximum atomic E-state index is 6.03. The Labute approximate surface area is 147 Å². The van der Waals surface area contributed by atoms with E-state index in [0.29, 0.717) is 6.04 Å². The zero-order valence-corrected chi connectivity index (χ0v) is 14.3. The molecule has 0 aliphatic carbocycles. The second-order valence-electron chi connectivity index (χ2n) is 5.60. The topological polar surface area (TPSA) is 33.6 Å². The van der Waals surface area contributed by atoms with Crippen LogP contribution in [-0.2, 0) is 11.2 Å². The van der Waals surface area contributed by atoms with Gasteiger partial charge in [0.05, 0.1) is 18.4 Å². The summed E-state index contributed by atoms with van der Waals surface area (Å²) < 4.78 is 6.03. The highest BCUT2D eigenvalue weighted by Gasteiger charge is 2.30. The fourth-order valence-corrected chi connectivity index (χ4v) is 3.30. The molecule has 1 aromatic carbocycles. The molecule has 0 spiro atoms. The molecule has 0 radical (unpaired) electrons. The van der Waals surface area contributed by atoms with E-state index in [4.69, 9.17) is 4.74 Å². The molecule has 3 heteroatoms. The van der Waals surface area contributed by atoms with Crippen LogP contribution in [0.3, 0.4) is 0 Å². The van der Waals surface area contributed by atoms with E-state index in [-0.39, 0.29) is 13.5 Å². The Kier molecular flexibility index (Phi) is 8.66. The summed E-state index contributed by atoms with van der Waals surface area (Å²) in [4.78, 5) is 4.09. The van der Waals surface area contributed by atoms with Crippen LogP contribution in [0.2, 0.25) is 0 Å². The predicted molar refractivity (Wildman–Crippen MR) is 106 cm³/mol. The lowest BCUT2D eigenvalue weighted by Gasteiger charge is -2.31. The molecule has 2 heterocycles. The number of rotatable bonds is 4. The van der Waals surface area contributed by atoms with Crippen molar-refractivity contribution in [1.29, 1.82) is 0 Å². The van der Waals surface area contributed by atoms with Crippen molar-refractivity contribution in [2.45, 2.75) is 52.7 Å². The van der Waals surface area contributed by atoms with Gasteiger partial charge in [-0.15, -0.1) is 0 Å². The summed E-state index contributed by atoms with van der Waals surface area (Å²) in [5.74, 6) is 0. The summed E-state index contributed by atoms with van der Waals surface area (Å²) in [5.41, 5.74) is 4.67. The third-order valence-corrected chi connectivity index (χ3v) is 4.32. The minimum absolute atomic E-state index is 0. The Morgan fingerprint density at radius 1 is 1.38 bits per heavy atom. The van der Waals surface area contributed by atoms with Gasteiger partial charge in [-0.3, -0.25) is 4.99 Å². The van der Waals surface area contributed by atoms with E-state index in [1.807, 2.05) is 19.9 Å². The van der Waals surface area contributed by atoms with Gasteiger partial charge in [0.15, 0.2) is 0 Å². The van der Waals surface area contributed by atoms with Gasteiger partial charge < -0.3 is 10.1 Å². The van der Waals surface area contributed by atoms with Crippen molar-refractivity contribution in [2.24, 2.45) is 4.99 Å². The Morgan fingerprint density at radius 3 is 2.79 bits per heavy atom. The molecule has 0 amide bonds. The van der Waals surface area contributed by atoms with Gasteiger partial charge in [-0.1, -0.05) is 46.1 Å². The van der Waals surface area contributed by atoms with E-state index in [9.17, 15) is 0 Å². The molecule has 1 fully saturated rings. The van der Waals surface area contributed by atoms with Crippen LogP contribution in [0.15, 0.2) is 41.9 Å². The smallest absolute Gasteiger partial charge is 0.0980 e. The zero-order chi connectivity index (χ0) is 16.7. The monoisotopic (exact) mass is 328 g/mol. The molecule has 3 nitrogen and oxygen atoms in total. The highest BCUT2D eigenvalue weighted by Crippen LogP contribution is 2.34. The molecular formula is C21H32N2O. The molecule has 2 unspecified atom stereocenters. The standard InChI is InChI=1S/C18H22N2O.C2H6.CH4/c1-3-5-16(19-2)14-7-8-15-13(12-14)9-11-21-18(15)17-6-4-10-20-17;1-2;/h3,5,7-8,12,17-18,20H,1-2,4,6,9-11H2;1-2H3;1H4/b16-5-;;. The zero-order valence-electron chi connectivity index (χ0n) is 14.3. The minimum Gasteiger partial charge on any atom is -0.372 e. The highest BCUT2D eigenvalue weighted by atomic mass is 16.5. The molecule has 2 aliphatic rings. The van der Waals surface area contributed by atoms with Crippen LogP contribution < -0.4 is 5.32 Å². The van der Waals surface area contributed by atoms with Crippen molar-refractivity contribution in [3.8, 4) is 0 Å². The Morgan fingerprint density at radius 2 is 2.17 bits per heavy atom. The summed E-state index contributed by atoms with van der Waals surface area (Å²) >= 11 is 0. The van der Waals surface area contributed by atoms with Crippen LogP contribution >= 0.6 is 0 Å². The van der Waals surface area contributed by atoms with Crippen molar-refractivity contribution in [3.63, 3.8) is 0 Å². The Bertz CT molecular complexity index is 571. The van der Waals surface area contributed by atoms with Crippen molar-refractivity contribution in [2.75, 3.05) is 13.2 Å². The quantitative estimate of drug-likeness (QED) is 0.627. The number of hydrogen-bond donors (Lipinski definition) is 1. The average Bonchev–Trinajstić information content (AvgIpc) is 3.15. The molecule has 1 saturated heterocycles. The summed E-state index contributed by atoms with van der Waals surface area (Å²) in [6, 6.07) is 6.98. The third kappa shape index (κ3) is 4.43. The fraction of sp³-hybridized carbons (Fsp3) is 0.476. The summed E-state index contributed by atoms with van der Waals surface area (Å²) in [7, 11) is 0. The van der Waals surface area contributed by atoms with E-state index in [1.165, 1.54) is 24.0 Å². The summed E-state index contributed by atoms with van der Waals surface area (Å²) in [5, 5.41) is 3.56. The van der Waals surface area contributed by atoms with E-state index in [1.54, 1.807) is 6.08 Å². The number of fused-ring (bicyclic) bond motifs is 1. The van der Waals surface area contributed by atoms with Crippen molar-refractivity contribution in [3.05, 3.63) is 53.6 Å². The minimum atomic E-state index is 0. The van der Waals surface area contributed by atoms with Crippen LogP contribution in [0, 0.1) is 0 Å². The van der Waals surface area contributed by atoms with E-state index in [2.05, 4.69) is 41.8 Å². The first-order chi connectivity index (χ1) is 11.3. The van der Waals surface area contributed by atoms with Crippen LogP contribution in [-0.4, -0.2) is 25.9 Å². The van der Waals surface area contributed by atoms with Crippen molar-refractivity contribution < 1.29 is 4.74 Å². The lowest BCUT2D eigenvalue weighted by molar-refractivity contribution is 0.0199. The number of benzene rings is 1. The molecule has 3 rings (SSSR count). The maximum Gasteiger partial charge on any atom is 0.0980 e. The van der Waals surface area contributed by atoms with Crippen molar-refractivity contribution >= 4 is 12.4 Å². The van der Waals surface area contributed by atoms with Crippen molar-refractivity contribution in [1.82, 2.24) is 5.32 Å². The number of hydrogen-bond acceptors (Lipinski definition) is 3. The van der Waals surface area contributed by atoms with E-state index >= 15 is 0 Å². The number of aliphatic imine (C=N–C) groups is 1. The van der Waals surface area contributed by atoms with Gasteiger partial charge in [0.25, 0.3) is 0 Å². The number of allylic oxidation sites excluding steroid dienone is 2. The first-order valence-corrected chi connectivity index (χ1v) is 8.61. The van der Waals surface area contributed by atoms with E-state index in [0.717, 1.165) is 30.8 Å². The first-order valence-electron chi connectivity index (χ1n) is 8.61. The SMILES string of the molecule is C.C=C/C=C(\N=C)c1ccc2c(c1)CCOC2C1CCCN1.CC. The Balaban J connectivity index is 0.000000925. The van der Waals surface area contributed by atoms with Gasteiger partial charge in [-0.2, -0.15) is 0 Å². The van der Waals surface area contributed by atoms with Crippen LogP contribution in [0.4, 0.5) is 0 Å². The molecule has 2 atom stereocenters. The normalized spacial score (nSPS) is 22.5. The van der Waals surface area contributed by atoms with Gasteiger partial charge in [0.2, 0.25) is 0 Å².